The smallest absolute Gasteiger partial charge is 0.00458 e. The fraction of sp³-hybridized carbons (Fsp3) is 0.538. The van der Waals surface area contributed by atoms with E-state index in [2.05, 4.69) is 45.9 Å². The van der Waals surface area contributed by atoms with Crippen LogP contribution in [0.15, 0.2) is 18.2 Å². The molecule has 2 atom stereocenters. The summed E-state index contributed by atoms with van der Waals surface area (Å²) >= 11 is 0. The molecule has 2 N–H and O–H groups in total. The van der Waals surface area contributed by atoms with Crippen molar-refractivity contribution >= 4 is 0 Å². The summed E-state index contributed by atoms with van der Waals surface area (Å²) in [6.45, 7) is 9.53. The molecule has 0 amide bonds. The third-order valence-corrected chi connectivity index (χ3v) is 3.28. The van der Waals surface area contributed by atoms with E-state index in [0.29, 0.717) is 11.8 Å². The van der Waals surface area contributed by atoms with Crippen molar-refractivity contribution in [3.8, 4) is 0 Å². The van der Waals surface area contributed by atoms with Gasteiger partial charge in [-0.1, -0.05) is 32.0 Å². The van der Waals surface area contributed by atoms with E-state index in [1.807, 2.05) is 0 Å². The van der Waals surface area contributed by atoms with Gasteiger partial charge in [-0.3, -0.25) is 0 Å². The Morgan fingerprint density at radius 2 is 1.79 bits per heavy atom. The molecule has 2 unspecified atom stereocenters. The molecule has 0 saturated heterocycles. The molecular weight excluding hydrogens is 170 g/mol. The third-order valence-electron chi connectivity index (χ3n) is 3.28. The fourth-order valence-electron chi connectivity index (χ4n) is 1.58. The number of rotatable bonds is 3. The molecule has 1 aromatic carbocycles. The Bertz CT molecular complexity index is 304. The zero-order chi connectivity index (χ0) is 10.7. The van der Waals surface area contributed by atoms with Crippen molar-refractivity contribution in [3.05, 3.63) is 34.9 Å². The Labute approximate surface area is 87.3 Å². The first-order chi connectivity index (χ1) is 6.56. The predicted molar refractivity (Wildman–Crippen MR) is 62.5 cm³/mol. The summed E-state index contributed by atoms with van der Waals surface area (Å²) < 4.78 is 0. The molecule has 1 nitrogen and oxygen atoms in total. The number of benzene rings is 1. The van der Waals surface area contributed by atoms with E-state index < -0.39 is 0 Å². The van der Waals surface area contributed by atoms with Crippen LogP contribution in [0.2, 0.25) is 0 Å². The summed E-state index contributed by atoms with van der Waals surface area (Å²) in [6.07, 6.45) is 0. The van der Waals surface area contributed by atoms with Gasteiger partial charge in [-0.05, 0) is 48.9 Å². The van der Waals surface area contributed by atoms with Crippen LogP contribution in [0.3, 0.4) is 0 Å². The monoisotopic (exact) mass is 191 g/mol. The molecule has 14 heavy (non-hydrogen) atoms. The minimum atomic E-state index is 0.553. The van der Waals surface area contributed by atoms with E-state index in [9.17, 15) is 0 Å². The molecule has 0 saturated carbocycles. The van der Waals surface area contributed by atoms with Crippen molar-refractivity contribution < 1.29 is 0 Å². The first-order valence-electron chi connectivity index (χ1n) is 5.33. The predicted octanol–water partition coefficient (Wildman–Crippen LogP) is 3.00. The Morgan fingerprint density at radius 3 is 2.29 bits per heavy atom. The van der Waals surface area contributed by atoms with E-state index >= 15 is 0 Å². The molecule has 0 aliphatic carbocycles. The molecule has 78 valence electrons. The highest BCUT2D eigenvalue weighted by Crippen LogP contribution is 2.24. The average Bonchev–Trinajstić information content (AvgIpc) is 2.20. The summed E-state index contributed by atoms with van der Waals surface area (Å²) in [5.74, 6) is 1.11. The SMILES string of the molecule is Cc1ccc(C(C)C(C)CN)cc1C. The molecular formula is C13H21N. The molecule has 0 aromatic heterocycles. The van der Waals surface area contributed by atoms with Gasteiger partial charge in [0, 0.05) is 0 Å². The van der Waals surface area contributed by atoms with Crippen LogP contribution in [0.5, 0.6) is 0 Å². The first-order valence-corrected chi connectivity index (χ1v) is 5.33. The van der Waals surface area contributed by atoms with Gasteiger partial charge in [-0.25, -0.2) is 0 Å². The van der Waals surface area contributed by atoms with Gasteiger partial charge in [0.2, 0.25) is 0 Å². The van der Waals surface area contributed by atoms with Gasteiger partial charge < -0.3 is 5.73 Å². The van der Waals surface area contributed by atoms with Crippen LogP contribution in [0, 0.1) is 19.8 Å². The Morgan fingerprint density at radius 1 is 1.14 bits per heavy atom. The van der Waals surface area contributed by atoms with Gasteiger partial charge in [0.25, 0.3) is 0 Å². The van der Waals surface area contributed by atoms with Crippen LogP contribution in [0.1, 0.15) is 36.5 Å². The normalized spacial score (nSPS) is 15.2. The second kappa shape index (κ2) is 4.61. The molecule has 0 bridgehead atoms. The quantitative estimate of drug-likeness (QED) is 0.781. The van der Waals surface area contributed by atoms with Gasteiger partial charge in [0.1, 0.15) is 0 Å². The minimum Gasteiger partial charge on any atom is -0.330 e. The standard InChI is InChI=1S/C13H21N/c1-9-5-6-13(7-10(9)2)12(4)11(3)8-14/h5-7,11-12H,8,14H2,1-4H3. The van der Waals surface area contributed by atoms with Crippen molar-refractivity contribution in [2.24, 2.45) is 11.7 Å². The van der Waals surface area contributed by atoms with Gasteiger partial charge in [0.05, 0.1) is 0 Å². The van der Waals surface area contributed by atoms with Crippen molar-refractivity contribution in [2.75, 3.05) is 6.54 Å². The van der Waals surface area contributed by atoms with E-state index in [4.69, 9.17) is 5.73 Å². The summed E-state index contributed by atoms with van der Waals surface area (Å²) in [5.41, 5.74) is 9.82. The van der Waals surface area contributed by atoms with Crippen LogP contribution in [0.4, 0.5) is 0 Å². The maximum atomic E-state index is 5.68. The molecule has 1 aromatic rings. The van der Waals surface area contributed by atoms with Crippen LogP contribution < -0.4 is 5.73 Å². The van der Waals surface area contributed by atoms with Crippen molar-refractivity contribution in [1.82, 2.24) is 0 Å². The first kappa shape index (κ1) is 11.3. The number of nitrogens with two attached hydrogens (primary N) is 1. The second-order valence-electron chi connectivity index (χ2n) is 4.35. The van der Waals surface area contributed by atoms with Gasteiger partial charge >= 0.3 is 0 Å². The Balaban J connectivity index is 2.91. The molecule has 0 heterocycles. The highest BCUT2D eigenvalue weighted by Gasteiger charge is 2.12. The number of hydrogen-bond acceptors (Lipinski definition) is 1. The zero-order valence-corrected chi connectivity index (χ0v) is 9.67. The number of aryl methyl sites for hydroxylation is 2. The lowest BCUT2D eigenvalue weighted by Gasteiger charge is -2.19. The van der Waals surface area contributed by atoms with Crippen LogP contribution in [-0.4, -0.2) is 6.54 Å². The summed E-state index contributed by atoms with van der Waals surface area (Å²) in [5, 5.41) is 0. The number of hydrogen-bond donors (Lipinski definition) is 1. The highest BCUT2D eigenvalue weighted by molar-refractivity contribution is 5.31. The van der Waals surface area contributed by atoms with Gasteiger partial charge in [-0.15, -0.1) is 0 Å². The summed E-state index contributed by atoms with van der Waals surface area (Å²) in [7, 11) is 0. The summed E-state index contributed by atoms with van der Waals surface area (Å²) in [4.78, 5) is 0. The zero-order valence-electron chi connectivity index (χ0n) is 9.67. The maximum Gasteiger partial charge on any atom is -0.00458 e. The summed E-state index contributed by atoms with van der Waals surface area (Å²) in [6, 6.07) is 6.70. The molecule has 0 aliphatic rings. The van der Waals surface area contributed by atoms with Crippen LogP contribution in [-0.2, 0) is 0 Å². The lowest BCUT2D eigenvalue weighted by Crippen LogP contribution is -2.17. The second-order valence-corrected chi connectivity index (χ2v) is 4.35. The van der Waals surface area contributed by atoms with Crippen molar-refractivity contribution in [2.45, 2.75) is 33.6 Å². The molecule has 0 spiro atoms. The van der Waals surface area contributed by atoms with E-state index in [-0.39, 0.29) is 0 Å². The van der Waals surface area contributed by atoms with E-state index in [1.165, 1.54) is 16.7 Å². The van der Waals surface area contributed by atoms with Crippen molar-refractivity contribution in [3.63, 3.8) is 0 Å². The minimum absolute atomic E-state index is 0.553. The molecule has 0 aliphatic heterocycles. The lowest BCUT2D eigenvalue weighted by molar-refractivity contribution is 0.499. The molecule has 1 heteroatoms. The molecule has 0 radical (unpaired) electrons. The van der Waals surface area contributed by atoms with E-state index in [1.54, 1.807) is 0 Å². The third kappa shape index (κ3) is 2.36. The Kier molecular flexibility index (Phi) is 3.70. The lowest BCUT2D eigenvalue weighted by atomic mass is 9.87. The molecule has 1 rings (SSSR count). The largest absolute Gasteiger partial charge is 0.330 e. The fourth-order valence-corrected chi connectivity index (χ4v) is 1.58. The van der Waals surface area contributed by atoms with Crippen LogP contribution in [0.25, 0.3) is 0 Å². The van der Waals surface area contributed by atoms with Gasteiger partial charge in [-0.2, -0.15) is 0 Å². The molecule has 0 fully saturated rings. The van der Waals surface area contributed by atoms with Crippen LogP contribution >= 0.6 is 0 Å². The maximum absolute atomic E-state index is 5.68. The topological polar surface area (TPSA) is 26.0 Å². The van der Waals surface area contributed by atoms with E-state index in [0.717, 1.165) is 6.54 Å². The van der Waals surface area contributed by atoms with Crippen molar-refractivity contribution in [1.29, 1.82) is 0 Å². The highest BCUT2D eigenvalue weighted by atomic mass is 14.5. The van der Waals surface area contributed by atoms with Gasteiger partial charge in [0.15, 0.2) is 0 Å². The average molecular weight is 191 g/mol. The Hall–Kier alpha value is -0.820.